The summed E-state index contributed by atoms with van der Waals surface area (Å²) in [5.41, 5.74) is 0.630. The molecule has 4 fully saturated rings. The Kier molecular flexibility index (Phi) is 7.94. The highest BCUT2D eigenvalue weighted by atomic mass is 16.5. The van der Waals surface area contributed by atoms with Crippen molar-refractivity contribution in [3.8, 4) is 11.5 Å². The van der Waals surface area contributed by atoms with Gasteiger partial charge in [-0.2, -0.15) is 0 Å². The maximum Gasteiger partial charge on any atom is 0.310 e. The van der Waals surface area contributed by atoms with Gasteiger partial charge in [0.1, 0.15) is 0 Å². The number of rotatable bonds is 6. The monoisotopic (exact) mass is 632 g/mol. The molecule has 4 saturated carbocycles. The van der Waals surface area contributed by atoms with Crippen LogP contribution in [0.3, 0.4) is 0 Å². The third kappa shape index (κ3) is 4.74. The zero-order valence-electron chi connectivity index (χ0n) is 29.1. The first kappa shape index (κ1) is 33.3. The van der Waals surface area contributed by atoms with Crippen molar-refractivity contribution in [1.82, 2.24) is 0 Å². The Morgan fingerprint density at radius 3 is 2.37 bits per heavy atom. The van der Waals surface area contributed by atoms with Crippen molar-refractivity contribution in [1.29, 1.82) is 0 Å². The van der Waals surface area contributed by atoms with Crippen LogP contribution in [0.5, 0.6) is 11.5 Å². The summed E-state index contributed by atoms with van der Waals surface area (Å²) >= 11 is 0. The molecule has 0 amide bonds. The number of phenols is 1. The molecule has 0 aliphatic heterocycles. The molecule has 46 heavy (non-hydrogen) atoms. The highest BCUT2D eigenvalue weighted by Gasteiger charge is 2.70. The van der Waals surface area contributed by atoms with Gasteiger partial charge in [-0.1, -0.05) is 65.3 Å². The first-order chi connectivity index (χ1) is 21.5. The Hall–Kier alpha value is -2.60. The summed E-state index contributed by atoms with van der Waals surface area (Å²) in [5, 5.41) is 32.0. The number of carboxylic acid groups (broad SMARTS) is 1. The second-order valence-electron chi connectivity index (χ2n) is 17.7. The first-order valence-corrected chi connectivity index (χ1v) is 17.7. The molecule has 0 radical (unpaired) electrons. The van der Waals surface area contributed by atoms with E-state index in [0.717, 1.165) is 56.9 Å². The standard InChI is InChI=1S/C40H56O6/c1-35(2)18-20-39(34(44)45)21-19-38(6)27(28(39)24-35)11-13-32-37(5)16-15-33(43)36(3,4)31(37)14-17-40(32,38)23-26(41)10-8-25-9-12-29(42)30(22-25)46-7/h8-12,22,28,31-33,42-43H,13-21,23-24H2,1-7H3,(H,44,45)/b10-8+/t28-,31?,32?,33?,37+,38-,39-,40+/m1/s1. The predicted octanol–water partition coefficient (Wildman–Crippen LogP) is 8.60. The molecule has 3 unspecified atom stereocenters. The second kappa shape index (κ2) is 11.0. The van der Waals surface area contributed by atoms with E-state index in [1.807, 2.05) is 6.08 Å². The van der Waals surface area contributed by atoms with E-state index >= 15 is 0 Å². The van der Waals surface area contributed by atoms with Gasteiger partial charge >= 0.3 is 5.97 Å². The van der Waals surface area contributed by atoms with Crippen LogP contribution >= 0.6 is 0 Å². The van der Waals surface area contributed by atoms with Gasteiger partial charge in [0, 0.05) is 6.42 Å². The molecule has 0 aromatic heterocycles. The topological polar surface area (TPSA) is 104 Å². The fourth-order valence-electron chi connectivity index (χ4n) is 12.1. The lowest BCUT2D eigenvalue weighted by Crippen LogP contribution is -2.66. The minimum absolute atomic E-state index is 0.0180. The molecule has 6 heteroatoms. The number of aliphatic hydroxyl groups excluding tert-OH is 1. The number of phenolic OH excluding ortho intramolecular Hbond substituents is 1. The second-order valence-corrected chi connectivity index (χ2v) is 17.7. The number of ketones is 1. The van der Waals surface area contributed by atoms with E-state index in [2.05, 4.69) is 47.6 Å². The third-order valence-electron chi connectivity index (χ3n) is 14.9. The Bertz CT molecular complexity index is 1470. The predicted molar refractivity (Wildman–Crippen MR) is 180 cm³/mol. The molecule has 0 saturated heterocycles. The summed E-state index contributed by atoms with van der Waals surface area (Å²) < 4.78 is 5.29. The number of hydrogen-bond donors (Lipinski definition) is 3. The first-order valence-electron chi connectivity index (χ1n) is 17.7. The van der Waals surface area contributed by atoms with E-state index < -0.39 is 11.4 Å². The molecule has 3 N–H and O–H groups in total. The van der Waals surface area contributed by atoms with Gasteiger partial charge in [-0.15, -0.1) is 0 Å². The van der Waals surface area contributed by atoms with Crippen LogP contribution in [0.25, 0.3) is 6.08 Å². The number of fused-ring (bicyclic) bond motifs is 7. The molecule has 1 aromatic rings. The molecule has 0 bridgehead atoms. The van der Waals surface area contributed by atoms with Crippen LogP contribution in [0.15, 0.2) is 35.9 Å². The SMILES string of the molecule is COc1cc(/C=C/C(=O)C[C@@]23CCC4C(C)(C)C(O)CC[C@]4(C)C2CC=C2[C@H]4CC(C)(C)CC[C@@]4(C(=O)O)CC[C@]23C)ccc1O. The van der Waals surface area contributed by atoms with Crippen molar-refractivity contribution in [2.24, 2.45) is 50.2 Å². The Morgan fingerprint density at radius 2 is 1.67 bits per heavy atom. The lowest BCUT2D eigenvalue weighted by atomic mass is 9.32. The van der Waals surface area contributed by atoms with Crippen molar-refractivity contribution in [3.63, 3.8) is 0 Å². The Morgan fingerprint density at radius 1 is 0.957 bits per heavy atom. The number of carbonyl (C=O) groups is 2. The fraction of sp³-hybridized carbons (Fsp3) is 0.700. The Balaban J connectivity index is 1.45. The van der Waals surface area contributed by atoms with Crippen molar-refractivity contribution in [2.45, 2.75) is 118 Å². The molecule has 6 rings (SSSR count). The largest absolute Gasteiger partial charge is 0.504 e. The number of allylic oxidation sites excluding steroid dienone is 3. The maximum absolute atomic E-state index is 14.3. The molecule has 0 heterocycles. The third-order valence-corrected chi connectivity index (χ3v) is 14.9. The molecule has 1 aromatic carbocycles. The average Bonchev–Trinajstić information content (AvgIpc) is 2.98. The van der Waals surface area contributed by atoms with Gasteiger partial charge in [-0.3, -0.25) is 9.59 Å². The maximum atomic E-state index is 14.3. The van der Waals surface area contributed by atoms with Gasteiger partial charge in [-0.25, -0.2) is 0 Å². The molecule has 0 spiro atoms. The number of hydrogen-bond acceptors (Lipinski definition) is 5. The average molecular weight is 633 g/mol. The highest BCUT2D eigenvalue weighted by molar-refractivity contribution is 5.94. The van der Waals surface area contributed by atoms with Gasteiger partial charge < -0.3 is 20.1 Å². The zero-order valence-corrected chi connectivity index (χ0v) is 29.1. The van der Waals surface area contributed by atoms with Gasteiger partial charge in [0.25, 0.3) is 0 Å². The number of carbonyl (C=O) groups excluding carboxylic acids is 1. The lowest BCUT2D eigenvalue weighted by molar-refractivity contribution is -0.212. The highest BCUT2D eigenvalue weighted by Crippen LogP contribution is 2.76. The van der Waals surface area contributed by atoms with Gasteiger partial charge in [0.05, 0.1) is 18.6 Å². The zero-order chi connectivity index (χ0) is 33.5. The molecular formula is C40H56O6. The number of ether oxygens (including phenoxy) is 1. The van der Waals surface area contributed by atoms with Gasteiger partial charge in [0.2, 0.25) is 0 Å². The van der Waals surface area contributed by atoms with E-state index in [-0.39, 0.29) is 56.5 Å². The van der Waals surface area contributed by atoms with Gasteiger partial charge in [-0.05, 0) is 133 Å². The minimum atomic E-state index is -0.727. The fourth-order valence-corrected chi connectivity index (χ4v) is 12.1. The van der Waals surface area contributed by atoms with E-state index in [9.17, 15) is 24.9 Å². The van der Waals surface area contributed by atoms with Crippen LogP contribution in [-0.2, 0) is 9.59 Å². The molecule has 252 valence electrons. The molecule has 5 aliphatic carbocycles. The van der Waals surface area contributed by atoms with Crippen LogP contribution in [-0.4, -0.2) is 40.3 Å². The van der Waals surface area contributed by atoms with Crippen molar-refractivity contribution < 1.29 is 29.6 Å². The lowest BCUT2D eigenvalue weighted by Gasteiger charge is -2.71. The summed E-state index contributed by atoms with van der Waals surface area (Å²) in [6, 6.07) is 5.10. The summed E-state index contributed by atoms with van der Waals surface area (Å²) in [7, 11) is 1.51. The van der Waals surface area contributed by atoms with Crippen LogP contribution in [0.4, 0.5) is 0 Å². The number of methoxy groups -OCH3 is 1. The van der Waals surface area contributed by atoms with Crippen LogP contribution in [0.1, 0.15) is 118 Å². The quantitative estimate of drug-likeness (QED) is 0.214. The molecule has 8 atom stereocenters. The van der Waals surface area contributed by atoms with Crippen LogP contribution < -0.4 is 4.74 Å². The summed E-state index contributed by atoms with van der Waals surface area (Å²) in [6.45, 7) is 13.9. The summed E-state index contributed by atoms with van der Waals surface area (Å²) in [6.07, 6.45) is 14.5. The van der Waals surface area contributed by atoms with Crippen molar-refractivity contribution in [2.75, 3.05) is 7.11 Å². The molecule has 5 aliphatic rings. The minimum Gasteiger partial charge on any atom is -0.504 e. The number of aromatic hydroxyl groups is 1. The molecular weight excluding hydrogens is 576 g/mol. The number of carboxylic acids is 1. The van der Waals surface area contributed by atoms with Gasteiger partial charge in [0.15, 0.2) is 17.3 Å². The van der Waals surface area contributed by atoms with Crippen molar-refractivity contribution in [3.05, 3.63) is 41.5 Å². The number of benzene rings is 1. The van der Waals surface area contributed by atoms with E-state index in [1.165, 1.54) is 12.7 Å². The van der Waals surface area contributed by atoms with Crippen molar-refractivity contribution >= 4 is 17.8 Å². The van der Waals surface area contributed by atoms with Crippen LogP contribution in [0.2, 0.25) is 0 Å². The summed E-state index contributed by atoms with van der Waals surface area (Å²) in [5.74, 6) is 0.481. The summed E-state index contributed by atoms with van der Waals surface area (Å²) in [4.78, 5) is 27.4. The number of aliphatic hydroxyl groups is 1. The van der Waals surface area contributed by atoms with E-state index in [4.69, 9.17) is 4.74 Å². The molecule has 6 nitrogen and oxygen atoms in total. The Labute approximate surface area is 275 Å². The van der Waals surface area contributed by atoms with Crippen LogP contribution in [0, 0.1) is 50.2 Å². The van der Waals surface area contributed by atoms with E-state index in [0.29, 0.717) is 30.9 Å². The smallest absolute Gasteiger partial charge is 0.310 e. The normalized spacial score (nSPS) is 40.9. The van der Waals surface area contributed by atoms with E-state index in [1.54, 1.807) is 24.3 Å². The number of aliphatic carboxylic acids is 1.